The number of likely N-dealkylation sites (tertiary alicyclic amines) is 1. The highest BCUT2D eigenvalue weighted by Crippen LogP contribution is 2.27. The maximum absolute atomic E-state index is 14.4. The van der Waals surface area contributed by atoms with Crippen LogP contribution in [0, 0.1) is 17.0 Å². The van der Waals surface area contributed by atoms with E-state index in [9.17, 15) is 19.3 Å². The number of benzene rings is 1. The number of aromatic nitrogens is 1. The number of carbonyl (C=O) groups is 1. The van der Waals surface area contributed by atoms with Crippen LogP contribution >= 0.6 is 0 Å². The zero-order valence-electron chi connectivity index (χ0n) is 18.8. The molecule has 1 saturated heterocycles. The second-order valence-electron chi connectivity index (χ2n) is 9.13. The lowest BCUT2D eigenvalue weighted by Crippen LogP contribution is -2.54. The number of halogens is 1. The van der Waals surface area contributed by atoms with Crippen molar-refractivity contribution in [3.63, 3.8) is 0 Å². The zero-order valence-corrected chi connectivity index (χ0v) is 18.8. The summed E-state index contributed by atoms with van der Waals surface area (Å²) in [7, 11) is 0. The predicted octanol–water partition coefficient (Wildman–Crippen LogP) is 4.40. The van der Waals surface area contributed by atoms with Gasteiger partial charge in [0.1, 0.15) is 11.8 Å². The number of nitrogens with zero attached hydrogens (tertiary/aromatic N) is 3. The van der Waals surface area contributed by atoms with E-state index in [0.29, 0.717) is 18.7 Å². The van der Waals surface area contributed by atoms with Crippen molar-refractivity contribution in [2.24, 2.45) is 0 Å². The third-order valence-electron chi connectivity index (χ3n) is 5.15. The fourth-order valence-corrected chi connectivity index (χ4v) is 3.66. The number of nitro benzene ring substituents is 1. The van der Waals surface area contributed by atoms with Gasteiger partial charge in [0.25, 0.3) is 5.69 Å². The van der Waals surface area contributed by atoms with Crippen LogP contribution in [-0.2, 0) is 11.3 Å². The number of hydrogen-bond donors (Lipinski definition) is 1. The monoisotopic (exact) mass is 444 g/mol. The van der Waals surface area contributed by atoms with E-state index in [4.69, 9.17) is 4.74 Å². The molecule has 1 aromatic carbocycles. The van der Waals surface area contributed by atoms with E-state index in [1.54, 1.807) is 27.0 Å². The normalized spacial score (nSPS) is 19.4. The quantitative estimate of drug-likeness (QED) is 0.542. The number of pyridine rings is 1. The molecule has 1 fully saturated rings. The lowest BCUT2D eigenvalue weighted by Gasteiger charge is -2.35. The molecule has 1 aliphatic heterocycles. The van der Waals surface area contributed by atoms with Gasteiger partial charge < -0.3 is 10.1 Å². The highest BCUT2D eigenvalue weighted by molar-refractivity contribution is 5.68. The van der Waals surface area contributed by atoms with Gasteiger partial charge in [0.15, 0.2) is 0 Å². The minimum Gasteiger partial charge on any atom is -0.444 e. The number of amides is 1. The molecule has 172 valence electrons. The number of ether oxygens (including phenoxy) is 1. The number of alkyl carbamates (subject to hydrolysis) is 1. The van der Waals surface area contributed by atoms with Gasteiger partial charge in [-0.3, -0.25) is 20.0 Å². The molecule has 1 N–H and O–H groups in total. The zero-order chi connectivity index (χ0) is 23.5. The average Bonchev–Trinajstić information content (AvgIpc) is 2.69. The molecule has 0 unspecified atom stereocenters. The molecule has 0 spiro atoms. The van der Waals surface area contributed by atoms with Gasteiger partial charge in [0.05, 0.1) is 11.0 Å². The van der Waals surface area contributed by atoms with Crippen LogP contribution in [0.2, 0.25) is 0 Å². The second-order valence-corrected chi connectivity index (χ2v) is 9.13. The molecule has 8 nitrogen and oxygen atoms in total. The van der Waals surface area contributed by atoms with Crippen LogP contribution in [0.5, 0.6) is 0 Å². The first-order valence-corrected chi connectivity index (χ1v) is 10.6. The van der Waals surface area contributed by atoms with Crippen LogP contribution in [0.15, 0.2) is 36.5 Å². The summed E-state index contributed by atoms with van der Waals surface area (Å²) in [4.78, 5) is 29.4. The molecule has 0 radical (unpaired) electrons. The Morgan fingerprint density at radius 2 is 2.06 bits per heavy atom. The summed E-state index contributed by atoms with van der Waals surface area (Å²) in [5.41, 5.74) is 2.40. The van der Waals surface area contributed by atoms with Gasteiger partial charge in [-0.2, -0.15) is 0 Å². The van der Waals surface area contributed by atoms with Crippen molar-refractivity contribution < 1.29 is 18.8 Å². The third-order valence-corrected chi connectivity index (χ3v) is 5.15. The smallest absolute Gasteiger partial charge is 0.408 e. The van der Waals surface area contributed by atoms with E-state index >= 15 is 0 Å². The molecule has 0 aliphatic carbocycles. The molecule has 2 heterocycles. The number of non-ortho nitro benzene ring substituents is 1. The molecule has 1 aliphatic rings. The van der Waals surface area contributed by atoms with E-state index in [0.717, 1.165) is 16.8 Å². The van der Waals surface area contributed by atoms with Crippen molar-refractivity contribution in [2.45, 2.75) is 58.5 Å². The Morgan fingerprint density at radius 1 is 1.31 bits per heavy atom. The minimum atomic E-state index is -1.18. The Balaban J connectivity index is 1.76. The van der Waals surface area contributed by atoms with Crippen molar-refractivity contribution in [2.75, 3.05) is 13.1 Å². The van der Waals surface area contributed by atoms with Crippen molar-refractivity contribution in [1.29, 1.82) is 0 Å². The number of aryl methyl sites for hydroxylation is 1. The molecular formula is C23H29FN4O4. The Morgan fingerprint density at radius 3 is 2.69 bits per heavy atom. The summed E-state index contributed by atoms with van der Waals surface area (Å²) in [6.07, 6.45) is 0.104. The number of nitro groups is 1. The van der Waals surface area contributed by atoms with Crippen LogP contribution in [0.1, 0.15) is 38.4 Å². The molecule has 1 aromatic heterocycles. The van der Waals surface area contributed by atoms with Crippen molar-refractivity contribution >= 4 is 11.8 Å². The summed E-state index contributed by atoms with van der Waals surface area (Å²) >= 11 is 0. The first kappa shape index (κ1) is 23.6. The minimum absolute atomic E-state index is 0.0121. The summed E-state index contributed by atoms with van der Waals surface area (Å²) in [6.45, 7) is 8.27. The van der Waals surface area contributed by atoms with E-state index in [-0.39, 0.29) is 18.7 Å². The van der Waals surface area contributed by atoms with Crippen LogP contribution in [-0.4, -0.2) is 51.8 Å². The molecule has 0 bridgehead atoms. The lowest BCUT2D eigenvalue weighted by molar-refractivity contribution is -0.384. The van der Waals surface area contributed by atoms with E-state index in [1.807, 2.05) is 30.0 Å². The summed E-state index contributed by atoms with van der Waals surface area (Å²) < 4.78 is 19.7. The molecule has 2 atom stereocenters. The number of piperidine rings is 1. The first-order chi connectivity index (χ1) is 15.0. The largest absolute Gasteiger partial charge is 0.444 e. The Bertz CT molecular complexity index is 975. The highest BCUT2D eigenvalue weighted by Gasteiger charge is 2.32. The van der Waals surface area contributed by atoms with Gasteiger partial charge >= 0.3 is 6.09 Å². The summed E-state index contributed by atoms with van der Waals surface area (Å²) in [5.74, 6) is 0. The topological polar surface area (TPSA) is 97.6 Å². The van der Waals surface area contributed by atoms with Gasteiger partial charge in [-0.15, -0.1) is 0 Å². The number of nitrogens with one attached hydrogen (secondary N) is 1. The number of carbonyl (C=O) groups excluding carboxylic acids is 1. The fourth-order valence-electron chi connectivity index (χ4n) is 3.66. The SMILES string of the molecule is Cc1ccc(-c2cc(CN3CC[C@@H](F)[C@H](NC(=O)OC(C)(C)C)C3)cc([N+](=O)[O-])c2)cn1. The van der Waals surface area contributed by atoms with Crippen molar-refractivity contribution in [1.82, 2.24) is 15.2 Å². The Kier molecular flexibility index (Phi) is 7.08. The maximum atomic E-state index is 14.4. The fraction of sp³-hybridized carbons (Fsp3) is 0.478. The number of alkyl halides is 1. The molecule has 9 heteroatoms. The molecule has 1 amide bonds. The molecule has 0 saturated carbocycles. The van der Waals surface area contributed by atoms with Gasteiger partial charge in [-0.05, 0) is 57.4 Å². The van der Waals surface area contributed by atoms with Gasteiger partial charge in [0, 0.05) is 49.2 Å². The maximum Gasteiger partial charge on any atom is 0.408 e. The number of hydrogen-bond acceptors (Lipinski definition) is 6. The molecule has 2 aromatic rings. The van der Waals surface area contributed by atoms with Crippen molar-refractivity contribution in [3.8, 4) is 11.1 Å². The predicted molar refractivity (Wildman–Crippen MR) is 119 cm³/mol. The molecular weight excluding hydrogens is 415 g/mol. The van der Waals surface area contributed by atoms with E-state index in [2.05, 4.69) is 10.3 Å². The number of rotatable bonds is 5. The van der Waals surface area contributed by atoms with Crippen LogP contribution in [0.3, 0.4) is 0 Å². The second kappa shape index (κ2) is 9.60. The Labute approximate surface area is 186 Å². The van der Waals surface area contributed by atoms with Crippen molar-refractivity contribution in [3.05, 3.63) is 57.9 Å². The van der Waals surface area contributed by atoms with Crippen LogP contribution < -0.4 is 5.32 Å². The summed E-state index contributed by atoms with van der Waals surface area (Å²) in [6, 6.07) is 7.96. The van der Waals surface area contributed by atoms with Gasteiger partial charge in [0.2, 0.25) is 0 Å². The summed E-state index contributed by atoms with van der Waals surface area (Å²) in [5, 5.41) is 14.1. The molecule has 32 heavy (non-hydrogen) atoms. The third kappa shape index (κ3) is 6.46. The highest BCUT2D eigenvalue weighted by atomic mass is 19.1. The Hall–Kier alpha value is -3.07. The molecule has 3 rings (SSSR count). The van der Waals surface area contributed by atoms with Crippen LogP contribution in [0.25, 0.3) is 11.1 Å². The standard InChI is InChI=1S/C23H29FN4O4/c1-15-5-6-17(12-25-15)18-9-16(10-19(11-18)28(30)31)13-27-8-7-20(24)21(14-27)26-22(29)32-23(2,3)4/h5-6,9-12,20-21H,7-8,13-14H2,1-4H3,(H,26,29)/t20-,21-/m1/s1. The van der Waals surface area contributed by atoms with Gasteiger partial charge in [-0.25, -0.2) is 9.18 Å². The lowest BCUT2D eigenvalue weighted by atomic mass is 10.0. The van der Waals surface area contributed by atoms with E-state index < -0.39 is 28.8 Å². The first-order valence-electron chi connectivity index (χ1n) is 10.6. The van der Waals surface area contributed by atoms with Gasteiger partial charge in [-0.1, -0.05) is 6.07 Å². The van der Waals surface area contributed by atoms with E-state index in [1.165, 1.54) is 12.1 Å². The van der Waals surface area contributed by atoms with Crippen LogP contribution in [0.4, 0.5) is 14.9 Å². The average molecular weight is 445 g/mol.